The topological polar surface area (TPSA) is 52.3 Å². The van der Waals surface area contributed by atoms with Gasteiger partial charge in [0.05, 0.1) is 6.61 Å². The first-order chi connectivity index (χ1) is 7.77. The van der Waals surface area contributed by atoms with Crippen LogP contribution in [0.5, 0.6) is 0 Å². The third kappa shape index (κ3) is 3.01. The number of halogens is 2. The number of rotatable bonds is 3. The van der Waals surface area contributed by atoms with E-state index in [4.69, 9.17) is 4.42 Å². The smallest absolute Gasteiger partial charge is 0.376 e. The van der Waals surface area contributed by atoms with Crippen LogP contribution in [0.15, 0.2) is 4.42 Å². The van der Waals surface area contributed by atoms with Gasteiger partial charge in [0.2, 0.25) is 11.7 Å². The number of hydrogen-bond donors (Lipinski definition) is 0. The standard InChI is InChI=1S/C11H15F2NO3/c1-5-16-9(15)7-6(8(12)13)14-10(17-7)11(2,3)4/h8H,5H2,1-4H3. The van der Waals surface area contributed by atoms with Gasteiger partial charge in [-0.05, 0) is 6.92 Å². The van der Waals surface area contributed by atoms with E-state index in [-0.39, 0.29) is 12.5 Å². The number of alkyl halides is 2. The SMILES string of the molecule is CCOC(=O)c1oc(C(C)(C)C)nc1C(F)F. The largest absolute Gasteiger partial charge is 0.460 e. The van der Waals surface area contributed by atoms with E-state index in [1.807, 2.05) is 0 Å². The summed E-state index contributed by atoms with van der Waals surface area (Å²) in [7, 11) is 0. The zero-order chi connectivity index (χ0) is 13.2. The lowest BCUT2D eigenvalue weighted by atomic mass is 9.97. The van der Waals surface area contributed by atoms with Gasteiger partial charge in [0.1, 0.15) is 0 Å². The molecule has 0 radical (unpaired) electrons. The van der Waals surface area contributed by atoms with Gasteiger partial charge in [-0.2, -0.15) is 0 Å². The van der Waals surface area contributed by atoms with Gasteiger partial charge in [-0.1, -0.05) is 20.8 Å². The van der Waals surface area contributed by atoms with Crippen molar-refractivity contribution in [3.8, 4) is 0 Å². The molecule has 0 N–H and O–H groups in total. The summed E-state index contributed by atoms with van der Waals surface area (Å²) in [4.78, 5) is 15.1. The highest BCUT2D eigenvalue weighted by molar-refractivity contribution is 5.87. The molecule has 0 aliphatic heterocycles. The van der Waals surface area contributed by atoms with Crippen molar-refractivity contribution in [1.82, 2.24) is 4.98 Å². The lowest BCUT2D eigenvalue weighted by molar-refractivity contribution is 0.0472. The predicted octanol–water partition coefficient (Wildman–Crippen LogP) is 3.09. The number of aromatic nitrogens is 1. The molecule has 0 spiro atoms. The number of oxazole rings is 1. The zero-order valence-corrected chi connectivity index (χ0v) is 10.2. The molecule has 0 fully saturated rings. The molecule has 0 saturated heterocycles. The normalized spacial score (nSPS) is 11.9. The molecular weight excluding hydrogens is 232 g/mol. The monoisotopic (exact) mass is 247 g/mol. The van der Waals surface area contributed by atoms with Crippen LogP contribution < -0.4 is 0 Å². The van der Waals surface area contributed by atoms with E-state index in [1.165, 1.54) is 0 Å². The highest BCUT2D eigenvalue weighted by atomic mass is 19.3. The maximum absolute atomic E-state index is 12.7. The van der Waals surface area contributed by atoms with Crippen LogP contribution in [0.4, 0.5) is 8.78 Å². The third-order valence-corrected chi connectivity index (χ3v) is 1.96. The van der Waals surface area contributed by atoms with Crippen molar-refractivity contribution < 1.29 is 22.7 Å². The molecule has 0 amide bonds. The van der Waals surface area contributed by atoms with E-state index in [0.717, 1.165) is 0 Å². The Balaban J connectivity index is 3.19. The summed E-state index contributed by atoms with van der Waals surface area (Å²) in [5.41, 5.74) is -1.21. The summed E-state index contributed by atoms with van der Waals surface area (Å²) in [5, 5.41) is 0. The molecule has 1 aromatic rings. The van der Waals surface area contributed by atoms with Gasteiger partial charge < -0.3 is 9.15 Å². The molecule has 1 aromatic heterocycles. The van der Waals surface area contributed by atoms with Gasteiger partial charge in [0, 0.05) is 5.41 Å². The van der Waals surface area contributed by atoms with Crippen LogP contribution in [0, 0.1) is 0 Å². The minimum atomic E-state index is -2.87. The maximum atomic E-state index is 12.7. The maximum Gasteiger partial charge on any atom is 0.376 e. The fourth-order valence-corrected chi connectivity index (χ4v) is 1.14. The summed E-state index contributed by atoms with van der Waals surface area (Å²) in [6.07, 6.45) is -2.87. The molecule has 17 heavy (non-hydrogen) atoms. The van der Waals surface area contributed by atoms with Crippen molar-refractivity contribution in [2.45, 2.75) is 39.5 Å². The van der Waals surface area contributed by atoms with Crippen LogP contribution in [0.25, 0.3) is 0 Å². The Hall–Kier alpha value is -1.46. The molecule has 1 heterocycles. The highest BCUT2D eigenvalue weighted by Crippen LogP contribution is 2.29. The Kier molecular flexibility index (Phi) is 3.85. The van der Waals surface area contributed by atoms with Crippen molar-refractivity contribution in [2.24, 2.45) is 0 Å². The number of carbonyl (C=O) groups is 1. The summed E-state index contributed by atoms with van der Waals surface area (Å²) >= 11 is 0. The van der Waals surface area contributed by atoms with E-state index in [2.05, 4.69) is 9.72 Å². The number of hydrogen-bond acceptors (Lipinski definition) is 4. The first-order valence-corrected chi connectivity index (χ1v) is 5.23. The second-order valence-corrected chi connectivity index (χ2v) is 4.50. The fraction of sp³-hybridized carbons (Fsp3) is 0.636. The zero-order valence-electron chi connectivity index (χ0n) is 10.2. The second-order valence-electron chi connectivity index (χ2n) is 4.50. The van der Waals surface area contributed by atoms with Crippen LogP contribution in [-0.2, 0) is 10.2 Å². The van der Waals surface area contributed by atoms with E-state index in [1.54, 1.807) is 27.7 Å². The lowest BCUT2D eigenvalue weighted by Crippen LogP contribution is -2.11. The Morgan fingerprint density at radius 3 is 2.47 bits per heavy atom. The van der Waals surface area contributed by atoms with Gasteiger partial charge >= 0.3 is 5.97 Å². The number of carbonyl (C=O) groups excluding carboxylic acids is 1. The Morgan fingerprint density at radius 1 is 1.47 bits per heavy atom. The van der Waals surface area contributed by atoms with Crippen molar-refractivity contribution in [2.75, 3.05) is 6.61 Å². The average Bonchev–Trinajstić information content (AvgIpc) is 2.61. The van der Waals surface area contributed by atoms with Gasteiger partial charge in [-0.15, -0.1) is 0 Å². The minimum absolute atomic E-state index is 0.0903. The van der Waals surface area contributed by atoms with Gasteiger partial charge in [-0.25, -0.2) is 18.6 Å². The van der Waals surface area contributed by atoms with Crippen molar-refractivity contribution in [3.05, 3.63) is 17.3 Å². The minimum Gasteiger partial charge on any atom is -0.460 e. The Labute approximate surface area is 98.0 Å². The molecule has 1 rings (SSSR count). The molecule has 96 valence electrons. The van der Waals surface area contributed by atoms with Crippen LogP contribution >= 0.6 is 0 Å². The lowest BCUT2D eigenvalue weighted by Gasteiger charge is -2.11. The van der Waals surface area contributed by atoms with Gasteiger partial charge in [0.15, 0.2) is 5.69 Å². The molecule has 0 aliphatic carbocycles. The van der Waals surface area contributed by atoms with E-state index >= 15 is 0 Å². The molecule has 0 aliphatic rings. The molecule has 0 saturated carbocycles. The molecule has 0 unspecified atom stereocenters. The molecule has 6 heteroatoms. The van der Waals surface area contributed by atoms with E-state index < -0.39 is 29.3 Å². The Morgan fingerprint density at radius 2 is 2.06 bits per heavy atom. The second kappa shape index (κ2) is 4.81. The average molecular weight is 247 g/mol. The summed E-state index contributed by atoms with van der Waals surface area (Å²) < 4.78 is 35.1. The van der Waals surface area contributed by atoms with Crippen LogP contribution in [0.3, 0.4) is 0 Å². The first-order valence-electron chi connectivity index (χ1n) is 5.23. The van der Waals surface area contributed by atoms with Crippen molar-refractivity contribution in [3.63, 3.8) is 0 Å². The van der Waals surface area contributed by atoms with Crippen LogP contribution in [0.1, 0.15) is 56.3 Å². The first kappa shape index (κ1) is 13.6. The summed E-state index contributed by atoms with van der Waals surface area (Å²) in [6, 6.07) is 0. The fourth-order valence-electron chi connectivity index (χ4n) is 1.14. The summed E-state index contributed by atoms with van der Waals surface area (Å²) in [6.45, 7) is 6.93. The number of nitrogens with zero attached hydrogens (tertiary/aromatic N) is 1. The molecule has 4 nitrogen and oxygen atoms in total. The van der Waals surface area contributed by atoms with Crippen molar-refractivity contribution >= 4 is 5.97 Å². The van der Waals surface area contributed by atoms with Gasteiger partial charge in [-0.3, -0.25) is 0 Å². The molecule has 0 atom stereocenters. The quantitative estimate of drug-likeness (QED) is 0.770. The Bertz CT molecular complexity index is 407. The molecule has 0 aromatic carbocycles. The third-order valence-electron chi connectivity index (χ3n) is 1.96. The van der Waals surface area contributed by atoms with Crippen LogP contribution in [-0.4, -0.2) is 17.6 Å². The molecular formula is C11H15F2NO3. The number of esters is 1. The van der Waals surface area contributed by atoms with E-state index in [0.29, 0.717) is 0 Å². The van der Waals surface area contributed by atoms with Gasteiger partial charge in [0.25, 0.3) is 6.43 Å². The highest BCUT2D eigenvalue weighted by Gasteiger charge is 2.31. The van der Waals surface area contributed by atoms with Crippen LogP contribution in [0.2, 0.25) is 0 Å². The number of ether oxygens (including phenoxy) is 1. The molecule has 0 bridgehead atoms. The predicted molar refractivity (Wildman–Crippen MR) is 56.1 cm³/mol. The summed E-state index contributed by atoms with van der Waals surface area (Å²) in [5.74, 6) is -1.33. The van der Waals surface area contributed by atoms with E-state index in [9.17, 15) is 13.6 Å². The van der Waals surface area contributed by atoms with Crippen molar-refractivity contribution in [1.29, 1.82) is 0 Å².